The van der Waals surface area contributed by atoms with Crippen LogP contribution in [-0.2, 0) is 4.74 Å². The topological polar surface area (TPSA) is 29.5 Å². The lowest BCUT2D eigenvalue weighted by atomic mass is 9.91. The highest BCUT2D eigenvalue weighted by Crippen LogP contribution is 2.26. The highest BCUT2D eigenvalue weighted by atomic mass is 16.6. The number of amides is 1. The fourth-order valence-electron chi connectivity index (χ4n) is 2.85. The second-order valence-electron chi connectivity index (χ2n) is 7.30. The lowest BCUT2D eigenvalue weighted by molar-refractivity contribution is 0.0244. The van der Waals surface area contributed by atoms with Crippen LogP contribution in [0.5, 0.6) is 0 Å². The van der Waals surface area contributed by atoms with Gasteiger partial charge in [0, 0.05) is 19.0 Å². The van der Waals surface area contributed by atoms with Gasteiger partial charge in [0.05, 0.1) is 0 Å². The molecule has 0 fully saturated rings. The molecule has 0 bridgehead atoms. The predicted octanol–water partition coefficient (Wildman–Crippen LogP) is 5.47. The lowest BCUT2D eigenvalue weighted by Crippen LogP contribution is -2.39. The highest BCUT2D eigenvalue weighted by Gasteiger charge is 2.25. The van der Waals surface area contributed by atoms with E-state index >= 15 is 0 Å². The summed E-state index contributed by atoms with van der Waals surface area (Å²) >= 11 is 0. The van der Waals surface area contributed by atoms with Crippen LogP contribution in [-0.4, -0.2) is 29.7 Å². The SMILES string of the molecule is CCCN(CC(c1ccccc1)c1ccccc1)C(=O)OC(C)(C)C. The van der Waals surface area contributed by atoms with Gasteiger partial charge in [-0.3, -0.25) is 0 Å². The van der Waals surface area contributed by atoms with E-state index in [0.717, 1.165) is 6.42 Å². The molecule has 0 saturated carbocycles. The Kier molecular flexibility index (Phi) is 6.63. The van der Waals surface area contributed by atoms with Crippen molar-refractivity contribution in [3.05, 3.63) is 71.8 Å². The Hall–Kier alpha value is -2.29. The number of carbonyl (C=O) groups excluding carboxylic acids is 1. The number of carbonyl (C=O) groups is 1. The van der Waals surface area contributed by atoms with Crippen LogP contribution in [0.1, 0.15) is 51.2 Å². The minimum Gasteiger partial charge on any atom is -0.444 e. The van der Waals surface area contributed by atoms with Gasteiger partial charge >= 0.3 is 6.09 Å². The van der Waals surface area contributed by atoms with Crippen LogP contribution < -0.4 is 0 Å². The average Bonchev–Trinajstić information content (AvgIpc) is 2.58. The van der Waals surface area contributed by atoms with E-state index in [1.807, 2.05) is 62.1 Å². The normalized spacial score (nSPS) is 11.4. The first kappa shape index (κ1) is 19.0. The van der Waals surface area contributed by atoms with Gasteiger partial charge in [0.15, 0.2) is 0 Å². The summed E-state index contributed by atoms with van der Waals surface area (Å²) in [5, 5.41) is 0. The van der Waals surface area contributed by atoms with Crippen molar-refractivity contribution in [2.24, 2.45) is 0 Å². The van der Waals surface area contributed by atoms with Crippen molar-refractivity contribution < 1.29 is 9.53 Å². The Bertz CT molecular complexity index is 607. The van der Waals surface area contributed by atoms with Crippen LogP contribution in [0.3, 0.4) is 0 Å². The molecule has 25 heavy (non-hydrogen) atoms. The van der Waals surface area contributed by atoms with Crippen LogP contribution in [0.25, 0.3) is 0 Å². The Morgan fingerprint density at radius 1 is 0.960 bits per heavy atom. The summed E-state index contributed by atoms with van der Waals surface area (Å²) in [6.45, 7) is 9.09. The Balaban J connectivity index is 2.28. The van der Waals surface area contributed by atoms with Crippen molar-refractivity contribution in [3.63, 3.8) is 0 Å². The summed E-state index contributed by atoms with van der Waals surface area (Å²) in [6, 6.07) is 20.7. The van der Waals surface area contributed by atoms with Crippen LogP contribution in [0.4, 0.5) is 4.79 Å². The molecule has 1 amide bonds. The van der Waals surface area contributed by atoms with Crippen LogP contribution >= 0.6 is 0 Å². The van der Waals surface area contributed by atoms with Crippen molar-refractivity contribution in [1.29, 1.82) is 0 Å². The minimum atomic E-state index is -0.488. The van der Waals surface area contributed by atoms with E-state index in [9.17, 15) is 4.79 Å². The Labute approximate surface area is 151 Å². The highest BCUT2D eigenvalue weighted by molar-refractivity contribution is 5.68. The van der Waals surface area contributed by atoms with Crippen molar-refractivity contribution in [1.82, 2.24) is 4.90 Å². The molecule has 3 nitrogen and oxygen atoms in total. The summed E-state index contributed by atoms with van der Waals surface area (Å²) in [7, 11) is 0. The van der Waals surface area contributed by atoms with E-state index in [-0.39, 0.29) is 12.0 Å². The molecular formula is C22H29NO2. The standard InChI is InChI=1S/C22H29NO2/c1-5-16-23(21(24)25-22(2,3)4)17-20(18-12-8-6-9-13-18)19-14-10-7-11-15-19/h6-15,20H,5,16-17H2,1-4H3. The van der Waals surface area contributed by atoms with Gasteiger partial charge in [0.2, 0.25) is 0 Å². The minimum absolute atomic E-state index is 0.126. The molecule has 0 aliphatic rings. The number of rotatable bonds is 6. The Morgan fingerprint density at radius 3 is 1.84 bits per heavy atom. The molecule has 0 saturated heterocycles. The zero-order valence-corrected chi connectivity index (χ0v) is 15.7. The van der Waals surface area contributed by atoms with Crippen molar-refractivity contribution >= 4 is 6.09 Å². The number of benzene rings is 2. The molecule has 0 unspecified atom stereocenters. The summed E-state index contributed by atoms with van der Waals surface area (Å²) in [5.74, 6) is 0.126. The lowest BCUT2D eigenvalue weighted by Gasteiger charge is -2.30. The zero-order chi connectivity index (χ0) is 18.3. The zero-order valence-electron chi connectivity index (χ0n) is 15.7. The fourth-order valence-corrected chi connectivity index (χ4v) is 2.85. The van der Waals surface area contributed by atoms with Crippen LogP contribution in [0, 0.1) is 0 Å². The smallest absolute Gasteiger partial charge is 0.410 e. The molecule has 134 valence electrons. The van der Waals surface area contributed by atoms with Gasteiger partial charge in [-0.05, 0) is 38.3 Å². The molecule has 3 heteroatoms. The summed E-state index contributed by atoms with van der Waals surface area (Å²) < 4.78 is 5.61. The van der Waals surface area contributed by atoms with Crippen molar-refractivity contribution in [2.45, 2.75) is 45.6 Å². The van der Waals surface area contributed by atoms with Crippen molar-refractivity contribution in [2.75, 3.05) is 13.1 Å². The van der Waals surface area contributed by atoms with Crippen LogP contribution in [0.15, 0.2) is 60.7 Å². The molecule has 0 aromatic heterocycles. The van der Waals surface area contributed by atoms with Gasteiger partial charge < -0.3 is 9.64 Å². The molecular weight excluding hydrogens is 310 g/mol. The third kappa shape index (κ3) is 5.93. The maximum Gasteiger partial charge on any atom is 0.410 e. The molecule has 2 aromatic rings. The third-order valence-corrected chi connectivity index (χ3v) is 3.95. The average molecular weight is 339 g/mol. The second kappa shape index (κ2) is 8.70. The molecule has 2 aromatic carbocycles. The molecule has 0 heterocycles. The monoisotopic (exact) mass is 339 g/mol. The maximum atomic E-state index is 12.7. The van der Waals surface area contributed by atoms with E-state index in [0.29, 0.717) is 13.1 Å². The van der Waals surface area contributed by atoms with E-state index in [1.165, 1.54) is 11.1 Å². The molecule has 2 rings (SSSR count). The summed E-state index contributed by atoms with van der Waals surface area (Å²) in [4.78, 5) is 14.5. The van der Waals surface area contributed by atoms with E-state index in [2.05, 4.69) is 31.2 Å². The van der Waals surface area contributed by atoms with Crippen LogP contribution in [0.2, 0.25) is 0 Å². The molecule has 0 N–H and O–H groups in total. The number of nitrogens with zero attached hydrogens (tertiary/aromatic N) is 1. The molecule has 0 aliphatic carbocycles. The maximum absolute atomic E-state index is 12.7. The van der Waals surface area contributed by atoms with E-state index in [1.54, 1.807) is 0 Å². The van der Waals surface area contributed by atoms with Gasteiger partial charge in [-0.1, -0.05) is 67.6 Å². The molecule has 0 radical (unpaired) electrons. The first-order valence-electron chi connectivity index (χ1n) is 8.98. The number of hydrogen-bond acceptors (Lipinski definition) is 2. The third-order valence-electron chi connectivity index (χ3n) is 3.95. The van der Waals surface area contributed by atoms with E-state index < -0.39 is 5.60 Å². The quantitative estimate of drug-likeness (QED) is 0.699. The molecule has 0 spiro atoms. The first-order chi connectivity index (χ1) is 11.9. The van der Waals surface area contributed by atoms with Gasteiger partial charge in [0.25, 0.3) is 0 Å². The number of ether oxygens (including phenoxy) is 1. The fraction of sp³-hybridized carbons (Fsp3) is 0.409. The molecule has 0 atom stereocenters. The largest absolute Gasteiger partial charge is 0.444 e. The Morgan fingerprint density at radius 2 is 1.44 bits per heavy atom. The van der Waals surface area contributed by atoms with Gasteiger partial charge in [-0.25, -0.2) is 4.79 Å². The van der Waals surface area contributed by atoms with E-state index in [4.69, 9.17) is 4.74 Å². The van der Waals surface area contributed by atoms with Gasteiger partial charge in [0.1, 0.15) is 5.60 Å². The predicted molar refractivity (Wildman–Crippen MR) is 103 cm³/mol. The van der Waals surface area contributed by atoms with Gasteiger partial charge in [-0.2, -0.15) is 0 Å². The first-order valence-corrected chi connectivity index (χ1v) is 8.98. The number of hydrogen-bond donors (Lipinski definition) is 0. The van der Waals surface area contributed by atoms with Gasteiger partial charge in [-0.15, -0.1) is 0 Å². The van der Waals surface area contributed by atoms with Crippen molar-refractivity contribution in [3.8, 4) is 0 Å². The molecule has 0 aliphatic heterocycles. The summed E-state index contributed by atoms with van der Waals surface area (Å²) in [5.41, 5.74) is 1.93. The summed E-state index contributed by atoms with van der Waals surface area (Å²) in [6.07, 6.45) is 0.654. The second-order valence-corrected chi connectivity index (χ2v) is 7.30.